The van der Waals surface area contributed by atoms with E-state index in [2.05, 4.69) is 85.7 Å². The normalized spacial score (nSPS) is 18.3. The van der Waals surface area contributed by atoms with Crippen molar-refractivity contribution in [2.24, 2.45) is 0 Å². The Hall–Kier alpha value is -1.67. The van der Waals surface area contributed by atoms with Gasteiger partial charge in [0.05, 0.1) is 21.3 Å². The van der Waals surface area contributed by atoms with Crippen LogP contribution in [0.15, 0.2) is 96.3 Å². The molecule has 2 aromatic carbocycles. The Morgan fingerprint density at radius 2 is 1.51 bits per heavy atom. The fourth-order valence-corrected chi connectivity index (χ4v) is 7.63. The van der Waals surface area contributed by atoms with Crippen LogP contribution in [0.3, 0.4) is 0 Å². The summed E-state index contributed by atoms with van der Waals surface area (Å²) in [5, 5.41) is 0. The van der Waals surface area contributed by atoms with Crippen molar-refractivity contribution in [3.63, 3.8) is 0 Å². The van der Waals surface area contributed by atoms with E-state index >= 15 is 0 Å². The summed E-state index contributed by atoms with van der Waals surface area (Å²) in [5.74, 6) is -0.592. The van der Waals surface area contributed by atoms with Gasteiger partial charge in [0.15, 0.2) is 5.71 Å². The maximum Gasteiger partial charge on any atom is 1.00 e. The largest absolute Gasteiger partial charge is 1.00 e. The van der Waals surface area contributed by atoms with Crippen molar-refractivity contribution in [3.8, 4) is 0 Å². The molecule has 0 spiro atoms. The maximum absolute atomic E-state index is 11.2. The van der Waals surface area contributed by atoms with Crippen LogP contribution in [-0.2, 0) is 31.1 Å². The number of hydrogen-bond acceptors (Lipinski definition) is 6. The first-order chi connectivity index (χ1) is 21.5. The molecule has 2 aromatic rings. The number of fused-ring (bicyclic) bond motifs is 2. The van der Waals surface area contributed by atoms with Gasteiger partial charge in [-0.25, -0.2) is 8.42 Å². The van der Waals surface area contributed by atoms with Gasteiger partial charge in [0.2, 0.25) is 5.69 Å². The van der Waals surface area contributed by atoms with Gasteiger partial charge in [0.25, 0.3) is 10.1 Å². The zero-order chi connectivity index (χ0) is 33.8. The predicted molar refractivity (Wildman–Crippen MR) is 186 cm³/mol. The summed E-state index contributed by atoms with van der Waals surface area (Å²) in [6.07, 6.45) is 14.4. The van der Waals surface area contributed by atoms with E-state index in [1.54, 1.807) is 0 Å². The van der Waals surface area contributed by atoms with Crippen molar-refractivity contribution in [1.29, 1.82) is 0 Å². The molecule has 0 bridgehead atoms. The topological polar surface area (TPSA) is 118 Å². The molecule has 11 heteroatoms. The molecule has 0 unspecified atom stereocenters. The average molecular weight is 706 g/mol. The molecule has 0 radical (unpaired) electrons. The van der Waals surface area contributed by atoms with Crippen molar-refractivity contribution in [2.45, 2.75) is 71.1 Å². The monoisotopic (exact) mass is 705 g/mol. The Kier molecular flexibility index (Phi) is 13.8. The van der Waals surface area contributed by atoms with E-state index < -0.39 is 20.2 Å². The first kappa shape index (κ1) is 39.8. The van der Waals surface area contributed by atoms with Gasteiger partial charge in [-0.05, 0) is 57.7 Å². The standard InChI is InChI=1S/C36H46N2O6S2.K/c1-28(16-14-22-33-35(2,3)29-18-6-8-20-31(29)37(33)24-10-12-26-45(39,40)41)17-15-23-34-36(4,5)30-19-7-9-21-32(30)38(34)25-11-13-27-46(42,43)44;/h6-9,14-23H,10-13,24-27H2,1-5H3,(H-,39,40,41,42,43,44);/q;+1. The van der Waals surface area contributed by atoms with E-state index in [0.29, 0.717) is 38.8 Å². The van der Waals surface area contributed by atoms with Gasteiger partial charge < -0.3 is 9.45 Å². The van der Waals surface area contributed by atoms with Crippen LogP contribution >= 0.6 is 0 Å². The Labute approximate surface area is 324 Å². The molecule has 0 aliphatic carbocycles. The molecular weight excluding hydrogens is 660 g/mol. The van der Waals surface area contributed by atoms with Crippen molar-refractivity contribution in [3.05, 3.63) is 107 Å². The number of nitrogens with zero attached hydrogens (tertiary/aromatic N) is 2. The van der Waals surface area contributed by atoms with E-state index in [4.69, 9.17) is 4.55 Å². The second-order valence-electron chi connectivity index (χ2n) is 13.1. The first-order valence-corrected chi connectivity index (χ1v) is 18.9. The summed E-state index contributed by atoms with van der Waals surface area (Å²) in [6, 6.07) is 16.5. The molecular formula is C36H46KN2O6S2+. The third-order valence-electron chi connectivity index (χ3n) is 8.89. The zero-order valence-corrected chi connectivity index (χ0v) is 33.2. The number of rotatable bonds is 14. The fraction of sp³-hybridized carbons (Fsp3) is 0.417. The summed E-state index contributed by atoms with van der Waals surface area (Å²) in [5.41, 5.74) is 7.47. The number of hydrogen-bond donors (Lipinski definition) is 1. The van der Waals surface area contributed by atoms with Gasteiger partial charge in [0, 0.05) is 53.2 Å². The second-order valence-corrected chi connectivity index (χ2v) is 16.2. The maximum atomic E-state index is 11.2. The average Bonchev–Trinajstić information content (AvgIpc) is 3.31. The minimum Gasteiger partial charge on any atom is -0.748 e. The van der Waals surface area contributed by atoms with Crippen molar-refractivity contribution < 1.29 is 81.9 Å². The van der Waals surface area contributed by atoms with Gasteiger partial charge >= 0.3 is 51.4 Å². The quantitative estimate of drug-likeness (QED) is 0.105. The molecule has 0 atom stereocenters. The minimum absolute atomic E-state index is 0. The van der Waals surface area contributed by atoms with Crippen LogP contribution < -0.4 is 56.3 Å². The SMILES string of the molecule is CC(/C=C/C=C1\N(CCCCS(=O)(=O)[O-])c2ccccc2C1(C)C)=C\C=C\C1=[N+](CCCCS(=O)(=O)O)c2ccccc2C1(C)C.[K+]. The van der Waals surface area contributed by atoms with Crippen molar-refractivity contribution in [1.82, 2.24) is 0 Å². The number of anilines is 1. The summed E-state index contributed by atoms with van der Waals surface area (Å²) in [4.78, 5) is 2.23. The van der Waals surface area contributed by atoms with E-state index in [-0.39, 0.29) is 73.7 Å². The molecule has 8 nitrogen and oxygen atoms in total. The third-order valence-corrected chi connectivity index (χ3v) is 10.5. The molecule has 4 rings (SSSR count). The van der Waals surface area contributed by atoms with Gasteiger partial charge in [-0.2, -0.15) is 13.0 Å². The Morgan fingerprint density at radius 3 is 2.19 bits per heavy atom. The Balaban J connectivity index is 0.00000600. The van der Waals surface area contributed by atoms with E-state index in [0.717, 1.165) is 28.4 Å². The second kappa shape index (κ2) is 16.4. The van der Waals surface area contributed by atoms with Gasteiger partial charge in [-0.3, -0.25) is 4.55 Å². The number of para-hydroxylation sites is 2. The van der Waals surface area contributed by atoms with Crippen LogP contribution in [0, 0.1) is 0 Å². The molecule has 2 aliphatic heterocycles. The molecule has 0 amide bonds. The molecule has 47 heavy (non-hydrogen) atoms. The summed E-state index contributed by atoms with van der Waals surface area (Å²) in [7, 11) is -8.20. The molecule has 2 aliphatic rings. The van der Waals surface area contributed by atoms with E-state index in [1.807, 2.05) is 43.3 Å². The number of allylic oxidation sites excluding steroid dienone is 8. The molecule has 0 aromatic heterocycles. The smallest absolute Gasteiger partial charge is 0.748 e. The van der Waals surface area contributed by atoms with E-state index in [1.165, 1.54) is 11.1 Å². The Bertz CT molecular complexity index is 1820. The molecule has 2 heterocycles. The van der Waals surface area contributed by atoms with Gasteiger partial charge in [-0.1, -0.05) is 80.1 Å². The summed E-state index contributed by atoms with van der Waals surface area (Å²) in [6.45, 7) is 12.1. The summed E-state index contributed by atoms with van der Waals surface area (Å²) < 4.78 is 67.1. The van der Waals surface area contributed by atoms with E-state index in [9.17, 15) is 21.4 Å². The Morgan fingerprint density at radius 1 is 0.872 bits per heavy atom. The fourth-order valence-electron chi connectivity index (χ4n) is 6.50. The van der Waals surface area contributed by atoms with Crippen LogP contribution in [0.4, 0.5) is 11.4 Å². The molecule has 1 N–H and O–H groups in total. The van der Waals surface area contributed by atoms with Crippen LogP contribution in [0.1, 0.15) is 71.4 Å². The minimum atomic E-state index is -4.23. The molecule has 0 fully saturated rings. The van der Waals surface area contributed by atoms with Crippen molar-refractivity contribution >= 4 is 37.3 Å². The van der Waals surface area contributed by atoms with Gasteiger partial charge in [-0.15, -0.1) is 0 Å². The molecule has 248 valence electrons. The summed E-state index contributed by atoms with van der Waals surface area (Å²) >= 11 is 0. The number of unbranched alkanes of at least 4 members (excludes halogenated alkanes) is 2. The predicted octanol–water partition coefficient (Wildman–Crippen LogP) is 3.80. The zero-order valence-electron chi connectivity index (χ0n) is 28.4. The van der Waals surface area contributed by atoms with Crippen LogP contribution in [0.5, 0.6) is 0 Å². The van der Waals surface area contributed by atoms with Crippen molar-refractivity contribution in [2.75, 3.05) is 29.5 Å². The van der Waals surface area contributed by atoms with Crippen LogP contribution in [0.2, 0.25) is 0 Å². The number of benzene rings is 2. The first-order valence-electron chi connectivity index (χ1n) is 15.8. The third kappa shape index (κ3) is 10.2. The van der Waals surface area contributed by atoms with Gasteiger partial charge in [0.1, 0.15) is 6.54 Å². The molecule has 0 saturated heterocycles. The van der Waals surface area contributed by atoms with Crippen LogP contribution in [0.25, 0.3) is 0 Å². The van der Waals surface area contributed by atoms with Crippen LogP contribution in [-0.4, -0.2) is 60.8 Å². The molecule has 0 saturated carbocycles.